The number of benzene rings is 1. The highest BCUT2D eigenvalue weighted by atomic mass is 16.5. The van der Waals surface area contributed by atoms with Crippen LogP contribution in [0.5, 0.6) is 0 Å². The minimum absolute atomic E-state index is 0.0187. The molecule has 2 heterocycles. The van der Waals surface area contributed by atoms with E-state index in [1.54, 1.807) is 12.0 Å². The van der Waals surface area contributed by atoms with Gasteiger partial charge in [0, 0.05) is 44.2 Å². The number of hydrogen-bond donors (Lipinski definition) is 1. The zero-order chi connectivity index (χ0) is 25.6. The average molecular weight is 505 g/mol. The molecular weight excluding hydrogens is 464 g/mol. The van der Waals surface area contributed by atoms with Crippen molar-refractivity contribution < 1.29 is 14.3 Å². The Labute approximate surface area is 220 Å². The highest BCUT2D eigenvalue weighted by Crippen LogP contribution is 2.55. The molecule has 4 aliphatic carbocycles. The van der Waals surface area contributed by atoms with Crippen LogP contribution in [0.25, 0.3) is 0 Å². The Morgan fingerprint density at radius 2 is 1.70 bits per heavy atom. The molecule has 198 valence electrons. The second kappa shape index (κ2) is 9.82. The summed E-state index contributed by atoms with van der Waals surface area (Å²) in [6.07, 6.45) is 9.36. The number of carbonyl (C=O) groups excluding carboxylic acids is 2. The Kier molecular flexibility index (Phi) is 6.51. The molecule has 3 amide bonds. The van der Waals surface area contributed by atoms with Gasteiger partial charge in [-0.1, -0.05) is 29.8 Å². The van der Waals surface area contributed by atoms with E-state index in [2.05, 4.69) is 53.3 Å². The average Bonchev–Trinajstić information content (AvgIpc) is 3.34. The molecule has 4 saturated carbocycles. The molecule has 1 N–H and O–H groups in total. The first-order valence-electron chi connectivity index (χ1n) is 14.0. The van der Waals surface area contributed by atoms with E-state index < -0.39 is 0 Å². The Balaban J connectivity index is 1.21. The number of urea groups is 1. The van der Waals surface area contributed by atoms with Crippen molar-refractivity contribution in [3.8, 4) is 0 Å². The molecule has 1 aromatic heterocycles. The summed E-state index contributed by atoms with van der Waals surface area (Å²) in [5.41, 5.74) is 3.32. The van der Waals surface area contributed by atoms with Crippen LogP contribution in [0.1, 0.15) is 61.4 Å². The minimum atomic E-state index is -0.160. The first-order chi connectivity index (χ1) is 17.9. The van der Waals surface area contributed by atoms with Crippen molar-refractivity contribution in [1.82, 2.24) is 19.7 Å². The van der Waals surface area contributed by atoms with Crippen LogP contribution in [0, 0.1) is 24.7 Å². The van der Waals surface area contributed by atoms with Gasteiger partial charge in [-0.2, -0.15) is 0 Å². The highest BCUT2D eigenvalue weighted by molar-refractivity contribution is 5.85. The molecule has 37 heavy (non-hydrogen) atoms. The van der Waals surface area contributed by atoms with E-state index in [1.165, 1.54) is 24.8 Å². The number of rotatable bonds is 7. The lowest BCUT2D eigenvalue weighted by Crippen LogP contribution is -2.62. The van der Waals surface area contributed by atoms with E-state index >= 15 is 0 Å². The largest absolute Gasteiger partial charge is 0.383 e. The van der Waals surface area contributed by atoms with Crippen LogP contribution in [0.2, 0.25) is 0 Å². The molecule has 0 spiro atoms. The number of aromatic nitrogens is 1. The van der Waals surface area contributed by atoms with Gasteiger partial charge in [0.1, 0.15) is 6.54 Å². The van der Waals surface area contributed by atoms with Crippen LogP contribution >= 0.6 is 0 Å². The Hall–Kier alpha value is -2.80. The van der Waals surface area contributed by atoms with Crippen LogP contribution in [0.4, 0.5) is 4.79 Å². The molecule has 1 aliphatic heterocycles. The van der Waals surface area contributed by atoms with Crippen LogP contribution in [-0.2, 0) is 16.1 Å². The van der Waals surface area contributed by atoms with Gasteiger partial charge in [-0.15, -0.1) is 0 Å². The van der Waals surface area contributed by atoms with Gasteiger partial charge in [-0.05, 0) is 80.9 Å². The number of nitrogens with one attached hydrogen (secondary N) is 1. The van der Waals surface area contributed by atoms with Gasteiger partial charge in [0.2, 0.25) is 5.91 Å². The van der Waals surface area contributed by atoms with Gasteiger partial charge in [0.25, 0.3) is 0 Å². The van der Waals surface area contributed by atoms with Gasteiger partial charge >= 0.3 is 6.03 Å². The third-order valence-electron chi connectivity index (χ3n) is 9.34. The van der Waals surface area contributed by atoms with Crippen molar-refractivity contribution in [1.29, 1.82) is 0 Å². The number of carbonyl (C=O) groups is 2. The maximum absolute atomic E-state index is 13.9. The molecule has 7 heteroatoms. The van der Waals surface area contributed by atoms with E-state index in [9.17, 15) is 9.59 Å². The van der Waals surface area contributed by atoms with E-state index in [4.69, 9.17) is 4.74 Å². The highest BCUT2D eigenvalue weighted by Gasteiger charge is 2.52. The number of nitrogens with zero attached hydrogens (tertiary/aromatic N) is 3. The summed E-state index contributed by atoms with van der Waals surface area (Å²) in [7, 11) is 1.64. The van der Waals surface area contributed by atoms with Gasteiger partial charge < -0.3 is 24.4 Å². The molecule has 1 atom stereocenters. The lowest BCUT2D eigenvalue weighted by atomic mass is 9.53. The summed E-state index contributed by atoms with van der Waals surface area (Å²) in [4.78, 5) is 31.2. The smallest absolute Gasteiger partial charge is 0.318 e. The predicted octanol–water partition coefficient (Wildman–Crippen LogP) is 4.35. The summed E-state index contributed by atoms with van der Waals surface area (Å²) in [5, 5.41) is 3.46. The third kappa shape index (κ3) is 4.78. The molecule has 5 aliphatic rings. The SMILES string of the molecule is COCCN(CC(=O)N1CCn2cccc2C1c1ccc(C)cc1)C(=O)NC12CC3CC(CC(C3)C1)C2. The molecule has 0 radical (unpaired) electrons. The van der Waals surface area contributed by atoms with E-state index in [0.717, 1.165) is 54.8 Å². The first kappa shape index (κ1) is 24.5. The molecule has 2 aromatic rings. The number of fused-ring (bicyclic) bond motifs is 1. The zero-order valence-corrected chi connectivity index (χ0v) is 22.2. The summed E-state index contributed by atoms with van der Waals surface area (Å²) >= 11 is 0. The predicted molar refractivity (Wildman–Crippen MR) is 142 cm³/mol. The maximum atomic E-state index is 13.9. The van der Waals surface area contributed by atoms with Crippen molar-refractivity contribution in [2.75, 3.05) is 33.4 Å². The molecule has 0 saturated heterocycles. The number of aryl methyl sites for hydroxylation is 1. The second-order valence-electron chi connectivity index (χ2n) is 12.1. The standard InChI is InChI=1S/C30H40N4O3/c1-21-5-7-25(8-6-21)28-26-4-3-9-32(26)10-11-34(28)27(35)20-33(12-13-37-2)29(36)31-30-17-22-14-23(18-30)16-24(15-22)19-30/h3-9,22-24,28H,10-20H2,1-2H3,(H,31,36). The van der Waals surface area contributed by atoms with Crippen LogP contribution in [-0.4, -0.2) is 65.2 Å². The molecule has 4 bridgehead atoms. The van der Waals surface area contributed by atoms with Gasteiger partial charge in [0.05, 0.1) is 12.6 Å². The van der Waals surface area contributed by atoms with E-state index in [0.29, 0.717) is 19.7 Å². The second-order valence-corrected chi connectivity index (χ2v) is 12.1. The summed E-state index contributed by atoms with van der Waals surface area (Å²) in [5.74, 6) is 2.23. The molecule has 1 aromatic carbocycles. The molecule has 1 unspecified atom stereocenters. The van der Waals surface area contributed by atoms with Crippen molar-refractivity contribution in [2.24, 2.45) is 17.8 Å². The fraction of sp³-hybridized carbons (Fsp3) is 0.600. The molecule has 4 fully saturated rings. The zero-order valence-electron chi connectivity index (χ0n) is 22.2. The van der Waals surface area contributed by atoms with Gasteiger partial charge in [-0.25, -0.2) is 4.79 Å². The van der Waals surface area contributed by atoms with Crippen molar-refractivity contribution in [3.63, 3.8) is 0 Å². The van der Waals surface area contributed by atoms with Crippen molar-refractivity contribution in [3.05, 3.63) is 59.4 Å². The number of hydrogen-bond acceptors (Lipinski definition) is 3. The van der Waals surface area contributed by atoms with E-state index in [-0.39, 0.29) is 30.1 Å². The van der Waals surface area contributed by atoms with Crippen LogP contribution < -0.4 is 5.32 Å². The van der Waals surface area contributed by atoms with Crippen LogP contribution in [0.3, 0.4) is 0 Å². The third-order valence-corrected chi connectivity index (χ3v) is 9.34. The normalized spacial score (nSPS) is 29.7. The molecule has 7 rings (SSSR count). The summed E-state index contributed by atoms with van der Waals surface area (Å²) in [6, 6.07) is 12.3. The monoisotopic (exact) mass is 504 g/mol. The fourth-order valence-corrected chi connectivity index (χ4v) is 8.03. The minimum Gasteiger partial charge on any atom is -0.383 e. The quantitative estimate of drug-likeness (QED) is 0.610. The van der Waals surface area contributed by atoms with Crippen molar-refractivity contribution in [2.45, 2.75) is 63.6 Å². The Bertz CT molecular complexity index is 1100. The first-order valence-corrected chi connectivity index (χ1v) is 14.0. The van der Waals surface area contributed by atoms with Crippen LogP contribution in [0.15, 0.2) is 42.6 Å². The molecular formula is C30H40N4O3. The van der Waals surface area contributed by atoms with Gasteiger partial charge in [0.15, 0.2) is 0 Å². The number of amides is 3. The number of methoxy groups -OCH3 is 1. The summed E-state index contributed by atoms with van der Waals surface area (Å²) < 4.78 is 7.56. The lowest BCUT2D eigenvalue weighted by molar-refractivity contribution is -0.134. The van der Waals surface area contributed by atoms with E-state index in [1.807, 2.05) is 11.0 Å². The fourth-order valence-electron chi connectivity index (χ4n) is 8.03. The summed E-state index contributed by atoms with van der Waals surface area (Å²) in [6.45, 7) is 4.32. The molecule has 7 nitrogen and oxygen atoms in total. The maximum Gasteiger partial charge on any atom is 0.318 e. The topological polar surface area (TPSA) is 66.8 Å². The Morgan fingerprint density at radius 1 is 1.03 bits per heavy atom. The van der Waals surface area contributed by atoms with Gasteiger partial charge in [-0.3, -0.25) is 4.79 Å². The van der Waals surface area contributed by atoms with Crippen molar-refractivity contribution >= 4 is 11.9 Å². The lowest BCUT2D eigenvalue weighted by Gasteiger charge is -2.57. The number of ether oxygens (including phenoxy) is 1. The Morgan fingerprint density at radius 3 is 2.35 bits per heavy atom.